The number of likely N-dealkylation sites (N-methyl/N-ethyl adjacent to an activating group) is 1. The highest BCUT2D eigenvalue weighted by atomic mass is 32.2. The Morgan fingerprint density at radius 1 is 1.26 bits per heavy atom. The number of halogens is 1. The molecule has 0 spiro atoms. The number of carbonyl (C=O) groups is 1. The van der Waals surface area contributed by atoms with E-state index in [1.807, 2.05) is 12.1 Å². The van der Waals surface area contributed by atoms with Crippen molar-refractivity contribution in [3.8, 4) is 11.6 Å². The smallest absolute Gasteiger partial charge is 0.248 e. The van der Waals surface area contributed by atoms with Gasteiger partial charge in [-0.05, 0) is 62.5 Å². The average Bonchev–Trinajstić information content (AvgIpc) is 3.35. The number of nitrogens with two attached hydrogens (primary N) is 1. The summed E-state index contributed by atoms with van der Waals surface area (Å²) in [5.41, 5.74) is 6.53. The van der Waals surface area contributed by atoms with E-state index in [-0.39, 0.29) is 12.4 Å². The normalized spacial score (nSPS) is 15.5. The number of nitrogens with zero attached hydrogens (tertiary/aromatic N) is 4. The molecule has 184 valence electrons. The second kappa shape index (κ2) is 10.9. The van der Waals surface area contributed by atoms with Crippen molar-refractivity contribution < 1.29 is 18.7 Å². The fourth-order valence-corrected chi connectivity index (χ4v) is 4.60. The van der Waals surface area contributed by atoms with Crippen molar-refractivity contribution in [2.75, 3.05) is 39.2 Å². The van der Waals surface area contributed by atoms with E-state index in [0.29, 0.717) is 23.4 Å². The maximum absolute atomic E-state index is 13.8. The third kappa shape index (κ3) is 6.01. The van der Waals surface area contributed by atoms with E-state index in [9.17, 15) is 9.18 Å². The number of hydrogen-bond donors (Lipinski definition) is 1. The monoisotopic (exact) mass is 497 g/mol. The molecule has 0 unspecified atom stereocenters. The number of carbonyl (C=O) groups excluding carboxylic acids is 1. The lowest BCUT2D eigenvalue weighted by atomic mass is 10.2. The third-order valence-corrected chi connectivity index (χ3v) is 6.85. The SMILES string of the molecule is COc1cc(COc2nc(N3CC[C@@H](N(C)C)C3)ncc2Sc2ccc(C(N)=O)cc2)ccc1F. The summed E-state index contributed by atoms with van der Waals surface area (Å²) in [5, 5.41) is 0. The lowest BCUT2D eigenvalue weighted by molar-refractivity contribution is 0.1000. The summed E-state index contributed by atoms with van der Waals surface area (Å²) in [7, 11) is 5.57. The van der Waals surface area contributed by atoms with Crippen LogP contribution in [0.4, 0.5) is 10.3 Å². The van der Waals surface area contributed by atoms with Gasteiger partial charge in [-0.15, -0.1) is 0 Å². The van der Waals surface area contributed by atoms with Gasteiger partial charge >= 0.3 is 0 Å². The van der Waals surface area contributed by atoms with E-state index in [0.717, 1.165) is 34.9 Å². The molecule has 2 N–H and O–H groups in total. The molecular weight excluding hydrogens is 469 g/mol. The van der Waals surface area contributed by atoms with Gasteiger partial charge in [0.25, 0.3) is 0 Å². The molecule has 2 aromatic carbocycles. The highest BCUT2D eigenvalue weighted by Crippen LogP contribution is 2.35. The standard InChI is InChI=1S/C25H28FN5O3S/c1-30(2)18-10-11-31(14-18)25-28-13-22(35-19-7-5-17(6-8-19)23(27)32)24(29-25)34-15-16-4-9-20(26)21(12-16)33-3/h4-9,12-13,18H,10-11,14-15H2,1-3H3,(H2,27,32)/t18-/m1/s1. The minimum absolute atomic E-state index is 0.158. The van der Waals surface area contributed by atoms with Crippen molar-refractivity contribution in [1.82, 2.24) is 14.9 Å². The van der Waals surface area contributed by atoms with Crippen molar-refractivity contribution in [2.45, 2.75) is 28.9 Å². The minimum atomic E-state index is -0.477. The lowest BCUT2D eigenvalue weighted by Crippen LogP contribution is -2.32. The van der Waals surface area contributed by atoms with Crippen LogP contribution in [0.2, 0.25) is 0 Å². The Morgan fingerprint density at radius 3 is 2.69 bits per heavy atom. The number of benzene rings is 2. The van der Waals surface area contributed by atoms with E-state index < -0.39 is 11.7 Å². The number of ether oxygens (including phenoxy) is 2. The topological polar surface area (TPSA) is 93.8 Å². The van der Waals surface area contributed by atoms with Crippen molar-refractivity contribution in [3.05, 3.63) is 65.6 Å². The van der Waals surface area contributed by atoms with Gasteiger partial charge in [-0.2, -0.15) is 4.98 Å². The molecule has 4 rings (SSSR count). The van der Waals surface area contributed by atoms with Crippen molar-refractivity contribution in [1.29, 1.82) is 0 Å². The molecule has 1 aliphatic rings. The van der Waals surface area contributed by atoms with Crippen LogP contribution in [0.1, 0.15) is 22.3 Å². The first-order valence-corrected chi connectivity index (χ1v) is 12.0. The average molecular weight is 498 g/mol. The summed E-state index contributed by atoms with van der Waals surface area (Å²) >= 11 is 1.42. The minimum Gasteiger partial charge on any atom is -0.494 e. The molecule has 1 atom stereocenters. The zero-order valence-corrected chi connectivity index (χ0v) is 20.7. The molecule has 0 radical (unpaired) electrons. The predicted octanol–water partition coefficient (Wildman–Crippen LogP) is 3.59. The highest BCUT2D eigenvalue weighted by molar-refractivity contribution is 7.99. The Balaban J connectivity index is 1.58. The first-order valence-electron chi connectivity index (χ1n) is 11.2. The molecule has 10 heteroatoms. The van der Waals surface area contributed by atoms with E-state index in [4.69, 9.17) is 20.2 Å². The Hall–Kier alpha value is -3.37. The summed E-state index contributed by atoms with van der Waals surface area (Å²) in [6.07, 6.45) is 2.78. The van der Waals surface area contributed by atoms with Gasteiger partial charge in [0.15, 0.2) is 11.6 Å². The van der Waals surface area contributed by atoms with Gasteiger partial charge in [-0.3, -0.25) is 4.79 Å². The second-order valence-corrected chi connectivity index (χ2v) is 9.56. The van der Waals surface area contributed by atoms with Gasteiger partial charge in [0.2, 0.25) is 17.7 Å². The van der Waals surface area contributed by atoms with Gasteiger partial charge in [-0.1, -0.05) is 17.8 Å². The number of aromatic nitrogens is 2. The van der Waals surface area contributed by atoms with Crippen LogP contribution in [0.3, 0.4) is 0 Å². The summed E-state index contributed by atoms with van der Waals surface area (Å²) in [6.45, 7) is 1.88. The third-order valence-electron chi connectivity index (χ3n) is 5.84. The van der Waals surface area contributed by atoms with Gasteiger partial charge in [0.05, 0.1) is 18.2 Å². The number of amides is 1. The zero-order chi connectivity index (χ0) is 24.9. The first kappa shape index (κ1) is 24.7. The molecule has 3 aromatic rings. The van der Waals surface area contributed by atoms with Crippen LogP contribution in [0.15, 0.2) is 58.5 Å². The van der Waals surface area contributed by atoms with Crippen molar-refractivity contribution in [3.63, 3.8) is 0 Å². The number of rotatable bonds is 9. The van der Waals surface area contributed by atoms with Gasteiger partial charge in [0, 0.05) is 29.6 Å². The van der Waals surface area contributed by atoms with Gasteiger partial charge in [0.1, 0.15) is 6.61 Å². The summed E-state index contributed by atoms with van der Waals surface area (Å²) < 4.78 is 25.0. The Bertz CT molecular complexity index is 1190. The molecule has 35 heavy (non-hydrogen) atoms. The number of anilines is 1. The second-order valence-electron chi connectivity index (χ2n) is 8.44. The molecular formula is C25H28FN5O3S. The van der Waals surface area contributed by atoms with Crippen LogP contribution in [0.5, 0.6) is 11.6 Å². The molecule has 1 fully saturated rings. The van der Waals surface area contributed by atoms with E-state index in [1.54, 1.807) is 30.5 Å². The van der Waals surface area contributed by atoms with Crippen LogP contribution in [0, 0.1) is 5.82 Å². The number of hydrogen-bond acceptors (Lipinski definition) is 8. The van der Waals surface area contributed by atoms with E-state index in [1.165, 1.54) is 24.9 Å². The number of primary amides is 1. The quantitative estimate of drug-likeness (QED) is 0.479. The Morgan fingerprint density at radius 2 is 2.03 bits per heavy atom. The largest absolute Gasteiger partial charge is 0.494 e. The van der Waals surface area contributed by atoms with Crippen LogP contribution < -0.4 is 20.1 Å². The van der Waals surface area contributed by atoms with Crippen LogP contribution in [-0.4, -0.2) is 61.1 Å². The maximum atomic E-state index is 13.8. The van der Waals surface area contributed by atoms with Crippen molar-refractivity contribution in [2.24, 2.45) is 5.73 Å². The fourth-order valence-electron chi connectivity index (χ4n) is 3.78. The Labute approximate surface area is 208 Å². The first-order chi connectivity index (χ1) is 16.8. The molecule has 1 aromatic heterocycles. The molecule has 1 saturated heterocycles. The summed E-state index contributed by atoms with van der Waals surface area (Å²) in [4.78, 5) is 26.7. The van der Waals surface area contributed by atoms with Crippen LogP contribution >= 0.6 is 11.8 Å². The van der Waals surface area contributed by atoms with Gasteiger partial charge in [-0.25, -0.2) is 9.37 Å². The van der Waals surface area contributed by atoms with E-state index >= 15 is 0 Å². The fraction of sp³-hybridized carbons (Fsp3) is 0.320. The molecule has 2 heterocycles. The molecule has 1 aliphatic heterocycles. The molecule has 8 nitrogen and oxygen atoms in total. The van der Waals surface area contributed by atoms with E-state index in [2.05, 4.69) is 28.9 Å². The molecule has 0 aliphatic carbocycles. The summed E-state index contributed by atoms with van der Waals surface area (Å²) in [5.74, 6) is 0.283. The molecule has 1 amide bonds. The van der Waals surface area contributed by atoms with Crippen molar-refractivity contribution >= 4 is 23.6 Å². The summed E-state index contributed by atoms with van der Waals surface area (Å²) in [6, 6.07) is 12.0. The lowest BCUT2D eigenvalue weighted by Gasteiger charge is -2.21. The highest BCUT2D eigenvalue weighted by Gasteiger charge is 2.26. The predicted molar refractivity (Wildman–Crippen MR) is 133 cm³/mol. The maximum Gasteiger partial charge on any atom is 0.248 e. The zero-order valence-electron chi connectivity index (χ0n) is 19.9. The molecule has 0 saturated carbocycles. The van der Waals surface area contributed by atoms with Crippen LogP contribution in [0.25, 0.3) is 0 Å². The Kier molecular flexibility index (Phi) is 7.72. The molecule has 0 bridgehead atoms. The van der Waals surface area contributed by atoms with Gasteiger partial charge < -0.3 is 25.0 Å². The number of methoxy groups -OCH3 is 1. The van der Waals surface area contributed by atoms with Crippen LogP contribution in [-0.2, 0) is 6.61 Å².